The number of aryl methyl sites for hydroxylation is 1. The van der Waals surface area contributed by atoms with E-state index in [1.807, 2.05) is 24.3 Å². The summed E-state index contributed by atoms with van der Waals surface area (Å²) in [6.07, 6.45) is 2.08. The quantitative estimate of drug-likeness (QED) is 0.840. The molecule has 1 aromatic carbocycles. The Hall–Kier alpha value is -2.14. The number of benzene rings is 1. The highest BCUT2D eigenvalue weighted by Gasteiger charge is 2.29. The van der Waals surface area contributed by atoms with Crippen molar-refractivity contribution in [2.45, 2.75) is 19.4 Å². The fourth-order valence-electron chi connectivity index (χ4n) is 2.45. The average molecular weight is 257 g/mol. The highest BCUT2D eigenvalue weighted by Crippen LogP contribution is 2.28. The molecule has 1 aliphatic heterocycles. The lowest BCUT2D eigenvalue weighted by Gasteiger charge is -2.32. The summed E-state index contributed by atoms with van der Waals surface area (Å²) in [6, 6.07) is 7.76. The molecule has 2 N–H and O–H groups in total. The summed E-state index contributed by atoms with van der Waals surface area (Å²) in [6.45, 7) is 2.25. The van der Waals surface area contributed by atoms with E-state index in [0.29, 0.717) is 12.2 Å². The number of fused-ring (bicyclic) bond motifs is 1. The van der Waals surface area contributed by atoms with Crippen molar-refractivity contribution in [1.29, 1.82) is 0 Å². The number of carbonyl (C=O) groups is 1. The number of anilines is 1. The molecule has 5 heteroatoms. The summed E-state index contributed by atoms with van der Waals surface area (Å²) in [5.74, 6) is 0.0986. The Kier molecular flexibility index (Phi) is 2.83. The van der Waals surface area contributed by atoms with E-state index in [1.165, 1.54) is 6.39 Å². The van der Waals surface area contributed by atoms with E-state index in [9.17, 15) is 4.79 Å². The second-order valence-electron chi connectivity index (χ2n) is 4.78. The molecule has 19 heavy (non-hydrogen) atoms. The Morgan fingerprint density at radius 1 is 1.47 bits per heavy atom. The molecule has 1 amide bonds. The van der Waals surface area contributed by atoms with E-state index in [0.717, 1.165) is 17.7 Å². The van der Waals surface area contributed by atoms with Gasteiger partial charge in [-0.2, -0.15) is 0 Å². The molecule has 1 aromatic heterocycles. The van der Waals surface area contributed by atoms with Crippen molar-refractivity contribution in [1.82, 2.24) is 4.98 Å². The zero-order chi connectivity index (χ0) is 13.4. The smallest absolute Gasteiger partial charge is 0.296 e. The Bertz CT molecular complexity index is 621. The van der Waals surface area contributed by atoms with Gasteiger partial charge < -0.3 is 15.1 Å². The minimum absolute atomic E-state index is 0.0536. The topological polar surface area (TPSA) is 72.4 Å². The molecular formula is C14H15N3O2. The van der Waals surface area contributed by atoms with Crippen LogP contribution in [0.5, 0.6) is 0 Å². The summed E-state index contributed by atoms with van der Waals surface area (Å²) in [4.78, 5) is 18.2. The van der Waals surface area contributed by atoms with Crippen molar-refractivity contribution in [3.05, 3.63) is 47.7 Å². The summed E-state index contributed by atoms with van der Waals surface area (Å²) < 4.78 is 5.19. The van der Waals surface area contributed by atoms with Gasteiger partial charge in [-0.3, -0.25) is 4.79 Å². The lowest BCUT2D eigenvalue weighted by molar-refractivity contribution is 0.0956. The number of oxazole rings is 1. The standard InChI is InChI=1S/C14H15N3O2/c1-9-13(19-8-16-9)14(18)17-7-11(15)6-10-4-2-3-5-12(10)17/h2-5,8,11H,6-7,15H2,1H3. The van der Waals surface area contributed by atoms with Crippen LogP contribution in [0.15, 0.2) is 35.1 Å². The van der Waals surface area contributed by atoms with Crippen molar-refractivity contribution in [3.63, 3.8) is 0 Å². The van der Waals surface area contributed by atoms with Gasteiger partial charge in [0, 0.05) is 18.3 Å². The first-order chi connectivity index (χ1) is 9.16. The number of nitrogens with two attached hydrogens (primary N) is 1. The van der Waals surface area contributed by atoms with Gasteiger partial charge in [0.05, 0.1) is 5.69 Å². The predicted octanol–water partition coefficient (Wildman–Crippen LogP) is 1.51. The number of para-hydroxylation sites is 1. The van der Waals surface area contributed by atoms with Gasteiger partial charge in [-0.15, -0.1) is 0 Å². The normalized spacial score (nSPS) is 18.2. The van der Waals surface area contributed by atoms with Gasteiger partial charge in [-0.25, -0.2) is 4.98 Å². The third kappa shape index (κ3) is 2.02. The molecule has 2 heterocycles. The molecule has 0 radical (unpaired) electrons. The molecule has 0 bridgehead atoms. The highest BCUT2D eigenvalue weighted by atomic mass is 16.3. The van der Waals surface area contributed by atoms with Gasteiger partial charge in [-0.1, -0.05) is 18.2 Å². The molecule has 0 saturated carbocycles. The largest absolute Gasteiger partial charge is 0.438 e. The van der Waals surface area contributed by atoms with Gasteiger partial charge in [-0.05, 0) is 25.0 Å². The molecule has 1 aliphatic rings. The van der Waals surface area contributed by atoms with Gasteiger partial charge in [0.1, 0.15) is 0 Å². The number of hydrogen-bond donors (Lipinski definition) is 1. The Morgan fingerprint density at radius 2 is 2.26 bits per heavy atom. The molecule has 0 aliphatic carbocycles. The lowest BCUT2D eigenvalue weighted by Crippen LogP contribution is -2.46. The monoisotopic (exact) mass is 257 g/mol. The number of rotatable bonds is 1. The molecule has 3 rings (SSSR count). The van der Waals surface area contributed by atoms with Gasteiger partial charge in [0.2, 0.25) is 5.76 Å². The number of carbonyl (C=O) groups excluding carboxylic acids is 1. The minimum atomic E-state index is -0.183. The second kappa shape index (κ2) is 4.51. The molecule has 0 fully saturated rings. The molecule has 1 atom stereocenters. The molecule has 98 valence electrons. The van der Waals surface area contributed by atoms with Crippen LogP contribution in [0.2, 0.25) is 0 Å². The minimum Gasteiger partial charge on any atom is -0.438 e. The average Bonchev–Trinajstić information content (AvgIpc) is 2.83. The van der Waals surface area contributed by atoms with Crippen LogP contribution in [0.1, 0.15) is 21.8 Å². The van der Waals surface area contributed by atoms with Crippen LogP contribution in [0.25, 0.3) is 0 Å². The number of nitrogens with zero attached hydrogens (tertiary/aromatic N) is 2. The third-order valence-electron chi connectivity index (χ3n) is 3.37. The van der Waals surface area contributed by atoms with Crippen molar-refractivity contribution < 1.29 is 9.21 Å². The maximum Gasteiger partial charge on any atom is 0.296 e. The summed E-state index contributed by atoms with van der Waals surface area (Å²) in [5, 5.41) is 0. The zero-order valence-electron chi connectivity index (χ0n) is 10.7. The van der Waals surface area contributed by atoms with Gasteiger partial charge >= 0.3 is 0 Å². The SMILES string of the molecule is Cc1ncoc1C(=O)N1CC(N)Cc2ccccc21. The fourth-order valence-corrected chi connectivity index (χ4v) is 2.45. The Balaban J connectivity index is 2.02. The first-order valence-electron chi connectivity index (χ1n) is 6.22. The van der Waals surface area contributed by atoms with Crippen LogP contribution >= 0.6 is 0 Å². The second-order valence-corrected chi connectivity index (χ2v) is 4.78. The summed E-state index contributed by atoms with van der Waals surface area (Å²) in [5.41, 5.74) is 8.62. The zero-order valence-corrected chi connectivity index (χ0v) is 10.7. The van der Waals surface area contributed by atoms with E-state index in [2.05, 4.69) is 4.98 Å². The highest BCUT2D eigenvalue weighted by molar-refractivity contribution is 6.05. The maximum atomic E-state index is 12.5. The molecule has 1 unspecified atom stereocenters. The summed E-state index contributed by atoms with van der Waals surface area (Å²) >= 11 is 0. The van der Waals surface area contributed by atoms with Crippen molar-refractivity contribution in [3.8, 4) is 0 Å². The number of hydrogen-bond acceptors (Lipinski definition) is 4. The number of aromatic nitrogens is 1. The van der Waals surface area contributed by atoms with Crippen LogP contribution < -0.4 is 10.6 Å². The third-order valence-corrected chi connectivity index (χ3v) is 3.37. The van der Waals surface area contributed by atoms with Crippen LogP contribution in [0.3, 0.4) is 0 Å². The van der Waals surface area contributed by atoms with Crippen molar-refractivity contribution in [2.75, 3.05) is 11.4 Å². The maximum absolute atomic E-state index is 12.5. The Labute approximate surface area is 111 Å². The van der Waals surface area contributed by atoms with E-state index < -0.39 is 0 Å². The fraction of sp³-hybridized carbons (Fsp3) is 0.286. The van der Waals surface area contributed by atoms with Crippen LogP contribution in [0.4, 0.5) is 5.69 Å². The van der Waals surface area contributed by atoms with E-state index in [1.54, 1.807) is 11.8 Å². The molecule has 0 spiro atoms. The molecule has 2 aromatic rings. The van der Waals surface area contributed by atoms with Crippen LogP contribution in [0, 0.1) is 6.92 Å². The molecular weight excluding hydrogens is 242 g/mol. The molecule has 0 saturated heterocycles. The Morgan fingerprint density at radius 3 is 3.00 bits per heavy atom. The first kappa shape index (κ1) is 11.9. The van der Waals surface area contributed by atoms with Crippen LogP contribution in [-0.4, -0.2) is 23.5 Å². The lowest BCUT2D eigenvalue weighted by atomic mass is 9.98. The van der Waals surface area contributed by atoms with E-state index in [4.69, 9.17) is 10.2 Å². The van der Waals surface area contributed by atoms with Crippen molar-refractivity contribution in [2.24, 2.45) is 5.73 Å². The summed E-state index contributed by atoms with van der Waals surface area (Å²) in [7, 11) is 0. The molecule has 5 nitrogen and oxygen atoms in total. The first-order valence-corrected chi connectivity index (χ1v) is 6.22. The van der Waals surface area contributed by atoms with Crippen LogP contribution in [-0.2, 0) is 6.42 Å². The van der Waals surface area contributed by atoms with E-state index >= 15 is 0 Å². The van der Waals surface area contributed by atoms with E-state index in [-0.39, 0.29) is 17.7 Å². The number of amides is 1. The van der Waals surface area contributed by atoms with Crippen molar-refractivity contribution >= 4 is 11.6 Å². The van der Waals surface area contributed by atoms with Gasteiger partial charge in [0.25, 0.3) is 5.91 Å². The predicted molar refractivity (Wildman–Crippen MR) is 71.0 cm³/mol. The van der Waals surface area contributed by atoms with Gasteiger partial charge in [0.15, 0.2) is 6.39 Å².